The van der Waals surface area contributed by atoms with E-state index in [4.69, 9.17) is 5.26 Å². The molecule has 1 N–H and O–H groups in total. The molecule has 1 aromatic heterocycles. The van der Waals surface area contributed by atoms with Crippen LogP contribution in [-0.2, 0) is 13.1 Å². The molecule has 0 aliphatic rings. The van der Waals surface area contributed by atoms with Crippen LogP contribution in [0.15, 0.2) is 36.8 Å². The van der Waals surface area contributed by atoms with Crippen LogP contribution < -0.4 is 5.32 Å². The van der Waals surface area contributed by atoms with Crippen LogP contribution in [0.25, 0.3) is 0 Å². The van der Waals surface area contributed by atoms with Gasteiger partial charge in [-0.2, -0.15) is 5.26 Å². The van der Waals surface area contributed by atoms with E-state index in [9.17, 15) is 0 Å². The van der Waals surface area contributed by atoms with Gasteiger partial charge in [0.05, 0.1) is 23.7 Å². The van der Waals surface area contributed by atoms with Crippen LogP contribution in [0.4, 0.5) is 0 Å². The van der Waals surface area contributed by atoms with Gasteiger partial charge in [0.15, 0.2) is 0 Å². The lowest BCUT2D eigenvalue weighted by Crippen LogP contribution is -2.21. The minimum Gasteiger partial charge on any atom is -0.333 e. The van der Waals surface area contributed by atoms with Crippen molar-refractivity contribution in [3.63, 3.8) is 0 Å². The van der Waals surface area contributed by atoms with Crippen molar-refractivity contribution >= 4 is 0 Å². The summed E-state index contributed by atoms with van der Waals surface area (Å²) in [4.78, 5) is 4.36. The highest BCUT2D eigenvalue weighted by molar-refractivity contribution is 5.32. The van der Waals surface area contributed by atoms with Crippen molar-refractivity contribution in [2.24, 2.45) is 0 Å². The lowest BCUT2D eigenvalue weighted by atomic mass is 10.1. The third kappa shape index (κ3) is 3.94. The van der Waals surface area contributed by atoms with E-state index >= 15 is 0 Å². The van der Waals surface area contributed by atoms with Gasteiger partial charge in [-0.1, -0.05) is 26.0 Å². The molecule has 0 spiro atoms. The van der Waals surface area contributed by atoms with Gasteiger partial charge in [-0.05, 0) is 17.7 Å². The van der Waals surface area contributed by atoms with Gasteiger partial charge < -0.3 is 9.88 Å². The average molecular weight is 254 g/mol. The Morgan fingerprint density at radius 1 is 1.42 bits per heavy atom. The number of hydrogen-bond acceptors (Lipinski definition) is 3. The maximum absolute atomic E-state index is 8.88. The maximum Gasteiger partial charge on any atom is 0.0991 e. The molecule has 0 saturated heterocycles. The van der Waals surface area contributed by atoms with Gasteiger partial charge in [0.2, 0.25) is 0 Å². The van der Waals surface area contributed by atoms with Gasteiger partial charge in [-0.15, -0.1) is 0 Å². The normalized spacial score (nSPS) is 10.6. The van der Waals surface area contributed by atoms with Crippen LogP contribution in [0.3, 0.4) is 0 Å². The zero-order chi connectivity index (χ0) is 13.7. The second kappa shape index (κ2) is 6.17. The molecule has 1 heterocycles. The monoisotopic (exact) mass is 254 g/mol. The van der Waals surface area contributed by atoms with E-state index in [0.29, 0.717) is 11.6 Å². The van der Waals surface area contributed by atoms with Crippen molar-refractivity contribution in [3.8, 4) is 6.07 Å². The molecule has 0 aliphatic heterocycles. The van der Waals surface area contributed by atoms with Crippen LogP contribution in [0.1, 0.15) is 30.7 Å². The number of benzene rings is 1. The highest BCUT2D eigenvalue weighted by Crippen LogP contribution is 2.07. The fourth-order valence-electron chi connectivity index (χ4n) is 1.84. The molecular weight excluding hydrogens is 236 g/mol. The van der Waals surface area contributed by atoms with E-state index < -0.39 is 0 Å². The predicted molar refractivity (Wildman–Crippen MR) is 74.5 cm³/mol. The average Bonchev–Trinajstić information content (AvgIpc) is 2.84. The molecule has 0 radical (unpaired) electrons. The summed E-state index contributed by atoms with van der Waals surface area (Å²) in [6, 6.07) is 10.3. The summed E-state index contributed by atoms with van der Waals surface area (Å²) < 4.78 is 2.04. The summed E-state index contributed by atoms with van der Waals surface area (Å²) in [5.74, 6) is 0. The van der Waals surface area contributed by atoms with E-state index in [0.717, 1.165) is 24.3 Å². The van der Waals surface area contributed by atoms with Gasteiger partial charge in [-0.25, -0.2) is 4.98 Å². The number of hydrogen-bond donors (Lipinski definition) is 1. The summed E-state index contributed by atoms with van der Waals surface area (Å²) in [7, 11) is 0. The SMILES string of the molecule is CC(C)NCc1cn(Cc2cccc(C#N)c2)cn1. The quantitative estimate of drug-likeness (QED) is 0.890. The highest BCUT2D eigenvalue weighted by atomic mass is 15.0. The summed E-state index contributed by atoms with van der Waals surface area (Å²) in [6.45, 7) is 5.75. The Labute approximate surface area is 113 Å². The molecule has 0 bridgehead atoms. The Bertz CT molecular complexity index is 578. The Balaban J connectivity index is 2.01. The van der Waals surface area contributed by atoms with Crippen molar-refractivity contribution in [1.29, 1.82) is 5.26 Å². The summed E-state index contributed by atoms with van der Waals surface area (Å²) in [6.07, 6.45) is 3.87. The molecule has 4 nitrogen and oxygen atoms in total. The second-order valence-corrected chi connectivity index (χ2v) is 4.89. The van der Waals surface area contributed by atoms with E-state index in [1.807, 2.05) is 41.4 Å². The van der Waals surface area contributed by atoms with E-state index in [1.54, 1.807) is 0 Å². The van der Waals surface area contributed by atoms with Crippen LogP contribution >= 0.6 is 0 Å². The molecule has 0 saturated carbocycles. The Hall–Kier alpha value is -2.12. The fraction of sp³-hybridized carbons (Fsp3) is 0.333. The molecule has 0 unspecified atom stereocenters. The zero-order valence-electron chi connectivity index (χ0n) is 11.3. The summed E-state index contributed by atoms with van der Waals surface area (Å²) in [5.41, 5.74) is 2.84. The molecule has 19 heavy (non-hydrogen) atoms. The summed E-state index contributed by atoms with van der Waals surface area (Å²) >= 11 is 0. The first-order chi connectivity index (χ1) is 9.17. The third-order valence-corrected chi connectivity index (χ3v) is 2.80. The zero-order valence-corrected chi connectivity index (χ0v) is 11.3. The van der Waals surface area contributed by atoms with Gasteiger partial charge in [-0.3, -0.25) is 0 Å². The van der Waals surface area contributed by atoms with Crippen LogP contribution in [0.2, 0.25) is 0 Å². The summed E-state index contributed by atoms with van der Waals surface area (Å²) in [5, 5.41) is 12.2. The van der Waals surface area contributed by atoms with Crippen molar-refractivity contribution in [3.05, 3.63) is 53.6 Å². The number of rotatable bonds is 5. The lowest BCUT2D eigenvalue weighted by Gasteiger charge is -2.05. The topological polar surface area (TPSA) is 53.6 Å². The minimum atomic E-state index is 0.456. The molecule has 0 aliphatic carbocycles. The van der Waals surface area contributed by atoms with Crippen molar-refractivity contribution in [1.82, 2.24) is 14.9 Å². The predicted octanol–water partition coefficient (Wildman–Crippen LogP) is 2.30. The van der Waals surface area contributed by atoms with Gasteiger partial charge in [0.1, 0.15) is 0 Å². The molecule has 1 aromatic carbocycles. The number of nitrogens with one attached hydrogen (secondary N) is 1. The molecule has 0 amide bonds. The number of nitriles is 1. The largest absolute Gasteiger partial charge is 0.333 e. The Morgan fingerprint density at radius 2 is 2.26 bits per heavy atom. The van der Waals surface area contributed by atoms with Crippen molar-refractivity contribution in [2.45, 2.75) is 33.0 Å². The van der Waals surface area contributed by atoms with Gasteiger partial charge >= 0.3 is 0 Å². The Morgan fingerprint density at radius 3 is 3.00 bits per heavy atom. The molecular formula is C15H18N4. The smallest absolute Gasteiger partial charge is 0.0991 e. The van der Waals surface area contributed by atoms with E-state index in [1.165, 1.54) is 0 Å². The number of aromatic nitrogens is 2. The first-order valence-corrected chi connectivity index (χ1v) is 6.40. The van der Waals surface area contributed by atoms with Crippen LogP contribution in [0, 0.1) is 11.3 Å². The Kier molecular flexibility index (Phi) is 4.32. The molecule has 4 heteroatoms. The van der Waals surface area contributed by atoms with Crippen LogP contribution in [-0.4, -0.2) is 15.6 Å². The van der Waals surface area contributed by atoms with Crippen molar-refractivity contribution in [2.75, 3.05) is 0 Å². The number of nitrogens with zero attached hydrogens (tertiary/aromatic N) is 3. The van der Waals surface area contributed by atoms with Crippen LogP contribution in [0.5, 0.6) is 0 Å². The van der Waals surface area contributed by atoms with E-state index in [-0.39, 0.29) is 0 Å². The maximum atomic E-state index is 8.88. The molecule has 0 atom stereocenters. The first-order valence-electron chi connectivity index (χ1n) is 6.40. The molecule has 2 aromatic rings. The molecule has 0 fully saturated rings. The fourth-order valence-corrected chi connectivity index (χ4v) is 1.84. The first kappa shape index (κ1) is 13.3. The lowest BCUT2D eigenvalue weighted by molar-refractivity contribution is 0.582. The third-order valence-electron chi connectivity index (χ3n) is 2.80. The number of imidazole rings is 1. The second-order valence-electron chi connectivity index (χ2n) is 4.89. The van der Waals surface area contributed by atoms with Gasteiger partial charge in [0.25, 0.3) is 0 Å². The minimum absolute atomic E-state index is 0.456. The standard InChI is InChI=1S/C15H18N4/c1-12(2)17-8-15-10-19(11-18-15)9-14-5-3-4-13(6-14)7-16/h3-6,10-12,17H,8-9H2,1-2H3. The van der Waals surface area contributed by atoms with Crippen molar-refractivity contribution < 1.29 is 0 Å². The molecule has 98 valence electrons. The molecule has 2 rings (SSSR count). The van der Waals surface area contributed by atoms with E-state index in [2.05, 4.69) is 30.2 Å². The van der Waals surface area contributed by atoms with Gasteiger partial charge in [0, 0.05) is 25.3 Å². The highest BCUT2D eigenvalue weighted by Gasteiger charge is 2.01.